The maximum atomic E-state index is 5.08. The Morgan fingerprint density at radius 1 is 0.862 bits per heavy atom. The van der Waals surface area contributed by atoms with Gasteiger partial charge in [-0.25, -0.2) is 4.98 Å². The Hall–Kier alpha value is -3.40. The first kappa shape index (κ1) is 17.7. The maximum Gasteiger partial charge on any atom is 0.136 e. The lowest BCUT2D eigenvalue weighted by molar-refractivity contribution is 0.615. The third-order valence-electron chi connectivity index (χ3n) is 5.50. The molecule has 2 heterocycles. The van der Waals surface area contributed by atoms with Crippen LogP contribution >= 0.6 is 0 Å². The molecule has 3 aromatic carbocycles. The van der Waals surface area contributed by atoms with E-state index in [4.69, 9.17) is 4.99 Å². The lowest BCUT2D eigenvalue weighted by atomic mass is 10.1. The van der Waals surface area contributed by atoms with Crippen LogP contribution in [0.5, 0.6) is 0 Å². The molecule has 29 heavy (non-hydrogen) atoms. The van der Waals surface area contributed by atoms with Gasteiger partial charge in [-0.3, -0.25) is 4.99 Å². The molecule has 0 aliphatic carbocycles. The predicted octanol–water partition coefficient (Wildman–Crippen LogP) is 5.28. The molecule has 1 aliphatic heterocycles. The SMILES string of the molecule is c1ccc(CN2C(=NCCCCn3ccnc3)c3cccc4cccc2c34)cc1. The van der Waals surface area contributed by atoms with Gasteiger partial charge in [0.25, 0.3) is 0 Å². The molecule has 4 nitrogen and oxygen atoms in total. The van der Waals surface area contributed by atoms with Crippen molar-refractivity contribution in [2.45, 2.75) is 25.9 Å². The highest BCUT2D eigenvalue weighted by Crippen LogP contribution is 2.38. The number of imidazole rings is 1. The molecule has 0 radical (unpaired) electrons. The van der Waals surface area contributed by atoms with Gasteiger partial charge in [-0.05, 0) is 29.9 Å². The van der Waals surface area contributed by atoms with E-state index in [2.05, 4.69) is 81.2 Å². The molecular formula is C25H24N4. The van der Waals surface area contributed by atoms with E-state index in [9.17, 15) is 0 Å². The summed E-state index contributed by atoms with van der Waals surface area (Å²) in [5.41, 5.74) is 3.81. The van der Waals surface area contributed by atoms with Crippen molar-refractivity contribution in [3.8, 4) is 0 Å². The molecule has 0 fully saturated rings. The van der Waals surface area contributed by atoms with Gasteiger partial charge in [-0.2, -0.15) is 0 Å². The van der Waals surface area contributed by atoms with Crippen LogP contribution < -0.4 is 4.90 Å². The zero-order valence-electron chi connectivity index (χ0n) is 16.4. The van der Waals surface area contributed by atoms with Crippen LogP contribution in [0.25, 0.3) is 10.8 Å². The summed E-state index contributed by atoms with van der Waals surface area (Å²) in [4.78, 5) is 11.6. The summed E-state index contributed by atoms with van der Waals surface area (Å²) in [6.45, 7) is 2.66. The summed E-state index contributed by atoms with van der Waals surface area (Å²) in [7, 11) is 0. The lowest BCUT2D eigenvalue weighted by Gasteiger charge is -2.21. The molecule has 0 atom stereocenters. The Morgan fingerprint density at radius 3 is 2.55 bits per heavy atom. The van der Waals surface area contributed by atoms with Crippen LogP contribution in [0.15, 0.2) is 90.4 Å². The first-order valence-corrected chi connectivity index (χ1v) is 10.2. The quantitative estimate of drug-likeness (QED) is 0.409. The fourth-order valence-electron chi connectivity index (χ4n) is 4.10. The van der Waals surface area contributed by atoms with E-state index in [-0.39, 0.29) is 0 Å². The number of aliphatic imine (C=N–C) groups is 1. The fraction of sp³-hybridized carbons (Fsp3) is 0.200. The highest BCUT2D eigenvalue weighted by molar-refractivity contribution is 6.27. The molecule has 5 rings (SSSR count). The largest absolute Gasteiger partial charge is 0.337 e. The fourth-order valence-corrected chi connectivity index (χ4v) is 4.10. The number of unbranched alkanes of at least 4 members (excludes halogenated alkanes) is 1. The van der Waals surface area contributed by atoms with Crippen LogP contribution in [0, 0.1) is 0 Å². The molecule has 144 valence electrons. The van der Waals surface area contributed by atoms with Gasteiger partial charge in [0.05, 0.1) is 12.0 Å². The van der Waals surface area contributed by atoms with Gasteiger partial charge < -0.3 is 9.47 Å². The summed E-state index contributed by atoms with van der Waals surface area (Å²) in [6, 6.07) is 23.7. The van der Waals surface area contributed by atoms with Crippen molar-refractivity contribution in [1.82, 2.24) is 9.55 Å². The van der Waals surface area contributed by atoms with Crippen molar-refractivity contribution in [3.05, 3.63) is 96.6 Å². The predicted molar refractivity (Wildman–Crippen MR) is 119 cm³/mol. The van der Waals surface area contributed by atoms with E-state index < -0.39 is 0 Å². The normalized spacial score (nSPS) is 14.2. The number of hydrogen-bond donors (Lipinski definition) is 0. The van der Waals surface area contributed by atoms with Crippen LogP contribution in [0.2, 0.25) is 0 Å². The molecular weight excluding hydrogens is 356 g/mol. The third-order valence-corrected chi connectivity index (χ3v) is 5.50. The Balaban J connectivity index is 1.41. The van der Waals surface area contributed by atoms with Gasteiger partial charge in [0.2, 0.25) is 0 Å². The van der Waals surface area contributed by atoms with Crippen LogP contribution in [0.4, 0.5) is 5.69 Å². The number of aromatic nitrogens is 2. The van der Waals surface area contributed by atoms with Crippen molar-refractivity contribution in [2.75, 3.05) is 11.4 Å². The Labute approximate surface area is 171 Å². The first-order valence-electron chi connectivity index (χ1n) is 10.2. The van der Waals surface area contributed by atoms with Crippen molar-refractivity contribution < 1.29 is 0 Å². The van der Waals surface area contributed by atoms with Gasteiger partial charge in [0.15, 0.2) is 0 Å². The van der Waals surface area contributed by atoms with Gasteiger partial charge in [0, 0.05) is 43.0 Å². The first-order chi connectivity index (χ1) is 14.4. The molecule has 1 aliphatic rings. The number of aryl methyl sites for hydroxylation is 1. The summed E-state index contributed by atoms with van der Waals surface area (Å²) < 4.78 is 2.13. The standard InChI is InChI=1S/C25H24N4/c1-2-8-20(9-3-1)18-29-23-13-7-11-21-10-6-12-22(24(21)23)25(29)27-14-4-5-16-28-17-15-26-19-28/h1-3,6-13,15,17,19H,4-5,14,16,18H2. The minimum absolute atomic E-state index is 0.833. The Kier molecular flexibility index (Phi) is 4.83. The number of rotatable bonds is 7. The lowest BCUT2D eigenvalue weighted by Crippen LogP contribution is -2.27. The summed E-state index contributed by atoms with van der Waals surface area (Å²) in [5, 5.41) is 2.60. The molecule has 1 aromatic heterocycles. The number of amidine groups is 1. The summed E-state index contributed by atoms with van der Waals surface area (Å²) >= 11 is 0. The van der Waals surface area contributed by atoms with Crippen molar-refractivity contribution >= 4 is 22.3 Å². The van der Waals surface area contributed by atoms with Crippen LogP contribution in [-0.2, 0) is 13.1 Å². The second kappa shape index (κ2) is 7.92. The molecule has 0 saturated carbocycles. The van der Waals surface area contributed by atoms with Crippen molar-refractivity contribution in [1.29, 1.82) is 0 Å². The average molecular weight is 380 g/mol. The molecule has 4 aromatic rings. The second-order valence-electron chi connectivity index (χ2n) is 7.47. The minimum Gasteiger partial charge on any atom is -0.337 e. The van der Waals surface area contributed by atoms with Gasteiger partial charge in [-0.15, -0.1) is 0 Å². The van der Waals surface area contributed by atoms with Crippen molar-refractivity contribution in [3.63, 3.8) is 0 Å². The van der Waals surface area contributed by atoms with Crippen LogP contribution in [0.3, 0.4) is 0 Å². The summed E-state index contributed by atoms with van der Waals surface area (Å²) in [5.74, 6) is 1.10. The average Bonchev–Trinajstić information content (AvgIpc) is 3.38. The maximum absolute atomic E-state index is 5.08. The van der Waals surface area contributed by atoms with E-state index in [1.54, 1.807) is 0 Å². The topological polar surface area (TPSA) is 33.4 Å². The van der Waals surface area contributed by atoms with E-state index in [1.807, 2.05) is 18.7 Å². The molecule has 0 spiro atoms. The van der Waals surface area contributed by atoms with Gasteiger partial charge in [0.1, 0.15) is 5.84 Å². The second-order valence-corrected chi connectivity index (χ2v) is 7.47. The molecule has 0 saturated heterocycles. The van der Waals surface area contributed by atoms with Gasteiger partial charge in [-0.1, -0.05) is 60.7 Å². The molecule has 4 heteroatoms. The third kappa shape index (κ3) is 3.54. The zero-order chi connectivity index (χ0) is 19.5. The monoisotopic (exact) mass is 380 g/mol. The molecule has 0 bridgehead atoms. The number of nitrogens with zero attached hydrogens (tertiary/aromatic N) is 4. The van der Waals surface area contributed by atoms with Crippen LogP contribution in [-0.4, -0.2) is 21.9 Å². The van der Waals surface area contributed by atoms with Gasteiger partial charge >= 0.3 is 0 Å². The Morgan fingerprint density at radius 2 is 1.72 bits per heavy atom. The summed E-state index contributed by atoms with van der Waals surface area (Å²) in [6.07, 6.45) is 7.89. The molecule has 0 unspecified atom stereocenters. The van der Waals surface area contributed by atoms with Crippen LogP contribution in [0.1, 0.15) is 24.0 Å². The minimum atomic E-state index is 0.833. The highest BCUT2D eigenvalue weighted by atomic mass is 15.2. The molecule has 0 amide bonds. The van der Waals surface area contributed by atoms with Crippen molar-refractivity contribution in [2.24, 2.45) is 4.99 Å². The van der Waals surface area contributed by atoms with E-state index >= 15 is 0 Å². The van der Waals surface area contributed by atoms with E-state index in [0.717, 1.165) is 38.3 Å². The number of hydrogen-bond acceptors (Lipinski definition) is 2. The van der Waals surface area contributed by atoms with E-state index in [1.165, 1.54) is 27.6 Å². The molecule has 0 N–H and O–H groups in total. The Bertz CT molecular complexity index is 1120. The number of anilines is 1. The number of benzene rings is 3. The zero-order valence-corrected chi connectivity index (χ0v) is 16.4. The highest BCUT2D eigenvalue weighted by Gasteiger charge is 2.27. The smallest absolute Gasteiger partial charge is 0.136 e. The van der Waals surface area contributed by atoms with E-state index in [0.29, 0.717) is 0 Å².